The minimum absolute atomic E-state index is 0.959. The topological polar surface area (TPSA) is 46.5 Å². The molecule has 0 saturated heterocycles. The van der Waals surface area contributed by atoms with Crippen molar-refractivity contribution in [2.24, 2.45) is 0 Å². The summed E-state index contributed by atoms with van der Waals surface area (Å²) >= 11 is 0. The lowest BCUT2D eigenvalue weighted by molar-refractivity contribution is 0.150. The van der Waals surface area contributed by atoms with Crippen LogP contribution in [-0.4, -0.2) is 11.3 Å². The first kappa shape index (κ1) is 59.6. The zero-order valence-electron chi connectivity index (χ0n) is 46.1. The summed E-state index contributed by atoms with van der Waals surface area (Å²) in [5, 5.41) is 11.9. The highest BCUT2D eigenvalue weighted by molar-refractivity contribution is 8.30. The Morgan fingerprint density at radius 1 is 0.324 bits per heavy atom. The number of carboxylic acid groups (broad SMARTS) is 1. The van der Waals surface area contributed by atoms with Crippen molar-refractivity contribution < 1.29 is 14.1 Å². The number of hydrogen-bond acceptors (Lipinski definition) is 2. The van der Waals surface area contributed by atoms with E-state index in [-0.39, 0.29) is 0 Å². The van der Waals surface area contributed by atoms with Crippen molar-refractivity contribution in [3.8, 4) is 0 Å². The molecular weight excluding hydrogens is 849 g/mol. The normalized spacial score (nSPS) is 12.0. The third-order valence-electron chi connectivity index (χ3n) is 14.5. The Morgan fingerprint density at radius 2 is 0.500 bits per heavy atom. The van der Waals surface area contributed by atoms with Crippen molar-refractivity contribution >= 4 is 16.5 Å². The maximum Gasteiger partial charge on any atom is 0.517 e. The van der Waals surface area contributed by atoms with E-state index >= 15 is 0 Å². The maximum atomic E-state index is 14.5. The lowest BCUT2D eigenvalue weighted by atomic mass is 9.94. The molecule has 3 aromatic rings. The molecule has 3 rings (SSSR count). The number of aryl methyl sites for hydroxylation is 9. The highest BCUT2D eigenvalue weighted by Crippen LogP contribution is 2.74. The van der Waals surface area contributed by atoms with Crippen LogP contribution in [0.3, 0.4) is 0 Å². The van der Waals surface area contributed by atoms with Gasteiger partial charge in [0.1, 0.15) is 0 Å². The lowest BCUT2D eigenvalue weighted by Crippen LogP contribution is -2.22. The van der Waals surface area contributed by atoms with Crippen LogP contribution in [0.25, 0.3) is 0 Å². The molecule has 0 fully saturated rings. The molecule has 0 radical (unpaired) electrons. The zero-order valence-corrected chi connectivity index (χ0v) is 46.9. The van der Waals surface area contributed by atoms with E-state index in [0.29, 0.717) is 0 Å². The van der Waals surface area contributed by atoms with E-state index in [2.05, 4.69) is 98.7 Å². The summed E-state index contributed by atoms with van der Waals surface area (Å²) in [6, 6.07) is 15.5. The number of rotatable bonds is 40. The first-order valence-electron chi connectivity index (χ1n) is 29.4. The number of carbonyl (C=O) groups is 1. The van der Waals surface area contributed by atoms with E-state index < -0.39 is 16.5 Å². The van der Waals surface area contributed by atoms with Crippen LogP contribution >= 0.6 is 10.3 Å². The molecule has 0 heterocycles. The van der Waals surface area contributed by atoms with Gasteiger partial charge in [0, 0.05) is 14.7 Å². The monoisotopic (exact) mass is 955 g/mol. The van der Waals surface area contributed by atoms with Gasteiger partial charge in [-0.25, -0.2) is 4.79 Å². The van der Waals surface area contributed by atoms with Gasteiger partial charge in [0.05, 0.1) is 0 Å². The summed E-state index contributed by atoms with van der Waals surface area (Å²) in [6.07, 6.45) is 39.3. The van der Waals surface area contributed by atoms with Gasteiger partial charge in [-0.05, 0) is 176 Å². The fourth-order valence-electron chi connectivity index (χ4n) is 10.8. The van der Waals surface area contributed by atoms with Gasteiger partial charge in [0.25, 0.3) is 0 Å². The molecular formula is C64H106O3S. The van der Waals surface area contributed by atoms with Crippen LogP contribution in [0.15, 0.2) is 51.1 Å². The van der Waals surface area contributed by atoms with Crippen molar-refractivity contribution in [3.63, 3.8) is 0 Å². The first-order chi connectivity index (χ1) is 33.2. The third kappa shape index (κ3) is 19.1. The van der Waals surface area contributed by atoms with Crippen molar-refractivity contribution in [1.82, 2.24) is 0 Å². The first-order valence-corrected chi connectivity index (χ1v) is 31.0. The largest absolute Gasteiger partial charge is 0.517 e. The molecule has 4 heteroatoms. The molecule has 0 atom stereocenters. The van der Waals surface area contributed by atoms with E-state index in [4.69, 9.17) is 4.18 Å². The highest BCUT2D eigenvalue weighted by atomic mass is 32.3. The van der Waals surface area contributed by atoms with E-state index in [9.17, 15) is 9.90 Å². The van der Waals surface area contributed by atoms with Gasteiger partial charge >= 0.3 is 6.16 Å². The highest BCUT2D eigenvalue weighted by Gasteiger charge is 2.45. The van der Waals surface area contributed by atoms with Crippen LogP contribution < -0.4 is 0 Å². The smallest absolute Gasteiger partial charge is 0.449 e. The van der Waals surface area contributed by atoms with E-state index in [1.165, 1.54) is 161 Å². The summed E-state index contributed by atoms with van der Waals surface area (Å²) < 4.78 is 7.49. The van der Waals surface area contributed by atoms with Crippen molar-refractivity contribution in [2.45, 2.75) is 308 Å². The molecule has 3 aromatic carbocycles. The van der Waals surface area contributed by atoms with Crippen LogP contribution in [0.2, 0.25) is 0 Å². The molecule has 0 bridgehead atoms. The Bertz CT molecular complexity index is 1530. The number of unbranched alkanes of at least 4 members (excludes halogenated alkanes) is 18. The third-order valence-corrected chi connectivity index (χ3v) is 18.2. The molecule has 386 valence electrons. The van der Waals surface area contributed by atoms with Gasteiger partial charge in [0.15, 0.2) is 0 Å². The zero-order chi connectivity index (χ0) is 49.4. The van der Waals surface area contributed by atoms with Gasteiger partial charge in [-0.3, -0.25) is 0 Å². The number of hydrogen-bond donors (Lipinski definition) is 1. The molecule has 3 nitrogen and oxygen atoms in total. The van der Waals surface area contributed by atoms with E-state index in [1.54, 1.807) is 0 Å². The second-order valence-electron chi connectivity index (χ2n) is 20.7. The summed E-state index contributed by atoms with van der Waals surface area (Å²) in [4.78, 5) is 18.3. The molecule has 68 heavy (non-hydrogen) atoms. The van der Waals surface area contributed by atoms with Gasteiger partial charge in [-0.2, -0.15) is 0 Å². The average Bonchev–Trinajstić information content (AvgIpc) is 3.32. The lowest BCUT2D eigenvalue weighted by Gasteiger charge is -2.46. The molecule has 0 aliphatic rings. The van der Waals surface area contributed by atoms with Crippen LogP contribution in [0.4, 0.5) is 4.79 Å². The Hall–Kier alpha value is -2.72. The Balaban J connectivity index is 2.92. The number of benzene rings is 3. The molecule has 0 amide bonds. The molecule has 0 unspecified atom stereocenters. The van der Waals surface area contributed by atoms with Gasteiger partial charge < -0.3 is 9.29 Å². The van der Waals surface area contributed by atoms with Gasteiger partial charge in [-0.1, -0.05) is 214 Å². The molecule has 0 spiro atoms. The Labute approximate surface area is 423 Å². The fourth-order valence-corrected chi connectivity index (χ4v) is 15.1. The van der Waals surface area contributed by atoms with Gasteiger partial charge in [-0.15, -0.1) is 0 Å². The maximum absolute atomic E-state index is 14.5. The van der Waals surface area contributed by atoms with Crippen LogP contribution in [0.1, 0.15) is 286 Å². The molecule has 0 saturated carbocycles. The van der Waals surface area contributed by atoms with Crippen LogP contribution in [0.5, 0.6) is 0 Å². The second kappa shape index (κ2) is 35.4. The predicted octanol–water partition coefficient (Wildman–Crippen LogP) is 21.2. The summed E-state index contributed by atoms with van der Waals surface area (Å²) in [7, 11) is -2.86. The van der Waals surface area contributed by atoms with E-state index in [1.807, 2.05) is 0 Å². The summed E-state index contributed by atoms with van der Waals surface area (Å²) in [5.41, 5.74) is 12.6. The molecule has 0 aromatic heterocycles. The minimum atomic E-state index is -2.86. The molecule has 1 N–H and O–H groups in total. The van der Waals surface area contributed by atoms with Crippen molar-refractivity contribution in [1.29, 1.82) is 0 Å². The van der Waals surface area contributed by atoms with Crippen LogP contribution in [0, 0.1) is 0 Å². The molecule has 0 aliphatic carbocycles. The SMILES string of the molecule is CCCCCc1cc(CCCCC)c(S(OC(=O)O)(c2c(CCCCC)cc(CCCCC)cc2CCCCC)c2c(CCCCC)cc(CCCCC)cc2CCCCC)c(CCCCC)c1. The molecule has 0 aliphatic heterocycles. The van der Waals surface area contributed by atoms with E-state index in [0.717, 1.165) is 135 Å². The average molecular weight is 956 g/mol. The predicted molar refractivity (Wildman–Crippen MR) is 300 cm³/mol. The van der Waals surface area contributed by atoms with Crippen molar-refractivity contribution in [3.05, 3.63) is 86.5 Å². The summed E-state index contributed by atoms with van der Waals surface area (Å²) in [5.74, 6) is 0. The fraction of sp³-hybridized carbons (Fsp3) is 0.703. The standard InChI is InChI=1S/C64H106O3S/c1-10-19-28-37-52-46-55(40-31-22-13-4)61(56(47-52)41-32-23-14-5)68(67-64(65)66,62-57(42-33-24-15-6)48-53(38-29-20-11-2)49-58(62)43-34-25-16-7)63-59(44-35-26-17-8)50-54(39-30-21-12-3)51-60(63)45-36-27-18-9/h46-51H,10-45H2,1-9H3,(H,65,66). The Kier molecular flexibility index (Phi) is 31.0. The Morgan fingerprint density at radius 3 is 0.662 bits per heavy atom. The summed E-state index contributed by atoms with van der Waals surface area (Å²) in [6.45, 7) is 20.9. The van der Waals surface area contributed by atoms with Gasteiger partial charge in [0.2, 0.25) is 0 Å². The minimum Gasteiger partial charge on any atom is -0.449 e. The van der Waals surface area contributed by atoms with Crippen molar-refractivity contribution in [2.75, 3.05) is 0 Å². The second-order valence-corrected chi connectivity index (χ2v) is 23.3. The van der Waals surface area contributed by atoms with Crippen LogP contribution in [-0.2, 0) is 62.0 Å². The quantitative estimate of drug-likeness (QED) is 0.0578.